The van der Waals surface area contributed by atoms with Crippen LogP contribution in [0.25, 0.3) is 22.6 Å². The van der Waals surface area contributed by atoms with E-state index in [1.54, 1.807) is 0 Å². The molecular formula is C17H11N7O4. The molecule has 11 nitrogen and oxygen atoms in total. The van der Waals surface area contributed by atoms with Crippen LogP contribution in [0.15, 0.2) is 46.3 Å². The van der Waals surface area contributed by atoms with Crippen molar-refractivity contribution in [3.63, 3.8) is 0 Å². The minimum absolute atomic E-state index is 0.0518. The summed E-state index contributed by atoms with van der Waals surface area (Å²) < 4.78 is 4.67. The Morgan fingerprint density at radius 3 is 2.46 bits per heavy atom. The molecule has 4 aromatic rings. The number of aromatic hydroxyl groups is 2. The highest BCUT2D eigenvalue weighted by atomic mass is 16.6. The second-order valence-electron chi connectivity index (χ2n) is 5.97. The summed E-state index contributed by atoms with van der Waals surface area (Å²) in [6, 6.07) is 8.45. The Morgan fingerprint density at radius 2 is 1.71 bits per heavy atom. The zero-order chi connectivity index (χ0) is 19.3. The molecule has 0 amide bonds. The Morgan fingerprint density at radius 1 is 1.00 bits per heavy atom. The second-order valence-corrected chi connectivity index (χ2v) is 5.97. The smallest absolute Gasteiger partial charge is 0.244 e. The molecule has 5 rings (SSSR count). The number of hydrazone groups is 1. The summed E-state index contributed by atoms with van der Waals surface area (Å²) >= 11 is 0. The normalized spacial score (nSPS) is 14.8. The molecule has 0 fully saturated rings. The van der Waals surface area contributed by atoms with Gasteiger partial charge in [0.05, 0.1) is 5.56 Å². The Bertz CT molecular complexity index is 1250. The Labute approximate surface area is 156 Å². The maximum Gasteiger partial charge on any atom is 0.244 e. The number of aromatic nitrogens is 5. The lowest BCUT2D eigenvalue weighted by Gasteiger charge is -2.12. The third-order valence-corrected chi connectivity index (χ3v) is 4.27. The van der Waals surface area contributed by atoms with Gasteiger partial charge in [0.25, 0.3) is 0 Å². The fourth-order valence-corrected chi connectivity index (χ4v) is 2.98. The van der Waals surface area contributed by atoms with Crippen LogP contribution in [-0.4, -0.2) is 46.3 Å². The minimum Gasteiger partial charge on any atom is -0.507 e. The van der Waals surface area contributed by atoms with Crippen molar-refractivity contribution in [2.75, 3.05) is 0 Å². The van der Waals surface area contributed by atoms with Crippen LogP contribution in [0, 0.1) is 0 Å². The number of nitrogens with zero attached hydrogens (tertiary/aromatic N) is 6. The zero-order valence-electron chi connectivity index (χ0n) is 14.0. The first kappa shape index (κ1) is 16.1. The van der Waals surface area contributed by atoms with Gasteiger partial charge in [-0.2, -0.15) is 5.10 Å². The van der Waals surface area contributed by atoms with Gasteiger partial charge in [-0.25, -0.2) is 19.6 Å². The number of rotatable bonds is 3. The molecule has 0 radical (unpaired) electrons. The second kappa shape index (κ2) is 5.96. The largest absolute Gasteiger partial charge is 0.507 e. The van der Waals surface area contributed by atoms with Gasteiger partial charge < -0.3 is 15.3 Å². The van der Waals surface area contributed by atoms with Crippen molar-refractivity contribution in [1.29, 1.82) is 0 Å². The Kier molecular flexibility index (Phi) is 3.42. The van der Waals surface area contributed by atoms with Gasteiger partial charge in [0.15, 0.2) is 6.23 Å². The molecule has 138 valence electrons. The van der Waals surface area contributed by atoms with Crippen molar-refractivity contribution in [2.45, 2.75) is 6.23 Å². The predicted molar refractivity (Wildman–Crippen MR) is 94.1 cm³/mol. The van der Waals surface area contributed by atoms with Gasteiger partial charge in [-0.05, 0) is 10.3 Å². The molecule has 1 unspecified atom stereocenters. The fourth-order valence-electron chi connectivity index (χ4n) is 2.98. The van der Waals surface area contributed by atoms with E-state index in [0.717, 1.165) is 23.4 Å². The van der Waals surface area contributed by atoms with Crippen LogP contribution >= 0.6 is 0 Å². The highest BCUT2D eigenvalue weighted by Crippen LogP contribution is 2.35. The number of aliphatic hydroxyl groups excluding tert-OH is 1. The predicted octanol–water partition coefficient (Wildman–Crippen LogP) is 0.832. The van der Waals surface area contributed by atoms with Crippen LogP contribution in [0.4, 0.5) is 0 Å². The van der Waals surface area contributed by atoms with Gasteiger partial charge >= 0.3 is 0 Å². The lowest BCUT2D eigenvalue weighted by Crippen LogP contribution is -2.18. The minimum atomic E-state index is -1.37. The molecule has 1 aromatic carbocycles. The van der Waals surface area contributed by atoms with Crippen molar-refractivity contribution in [1.82, 2.24) is 30.7 Å². The summed E-state index contributed by atoms with van der Waals surface area (Å²) in [4.78, 5) is 12.5. The molecule has 3 heterocycles. The highest BCUT2D eigenvalue weighted by Gasteiger charge is 2.29. The number of aliphatic hydroxyl groups is 1. The van der Waals surface area contributed by atoms with Crippen LogP contribution in [0.2, 0.25) is 0 Å². The third kappa shape index (κ3) is 2.41. The number of fused-ring (bicyclic) bond motifs is 4. The Balaban J connectivity index is 1.57. The molecule has 11 heteroatoms. The number of pyridine rings is 1. The van der Waals surface area contributed by atoms with Crippen LogP contribution < -0.4 is 5.43 Å². The van der Waals surface area contributed by atoms with Gasteiger partial charge in [-0.1, -0.05) is 24.3 Å². The first-order valence-electron chi connectivity index (χ1n) is 8.11. The van der Waals surface area contributed by atoms with E-state index in [1.165, 1.54) is 0 Å². The quantitative estimate of drug-likeness (QED) is 0.261. The molecule has 0 spiro atoms. The van der Waals surface area contributed by atoms with E-state index < -0.39 is 6.23 Å². The molecule has 0 saturated carbocycles. The van der Waals surface area contributed by atoms with E-state index in [0.29, 0.717) is 17.1 Å². The maximum atomic E-state index is 10.3. The fraction of sp³-hybridized carbons (Fsp3) is 0.0588. The van der Waals surface area contributed by atoms with Gasteiger partial charge in [0.1, 0.15) is 22.8 Å². The van der Waals surface area contributed by atoms with Crippen molar-refractivity contribution < 1.29 is 19.9 Å². The summed E-state index contributed by atoms with van der Waals surface area (Å²) in [5.74, 6) is -0.686. The molecule has 0 bridgehead atoms. The summed E-state index contributed by atoms with van der Waals surface area (Å²) in [5, 5.41) is 41.1. The Hall–Kier alpha value is -4.12. The molecule has 1 aliphatic rings. The van der Waals surface area contributed by atoms with Gasteiger partial charge in [-0.15, -0.1) is 0 Å². The van der Waals surface area contributed by atoms with E-state index >= 15 is 0 Å². The number of nitrogens with one attached hydrogen (secondary N) is 1. The average Bonchev–Trinajstić information content (AvgIpc) is 3.26. The van der Waals surface area contributed by atoms with E-state index in [9.17, 15) is 15.3 Å². The van der Waals surface area contributed by atoms with E-state index in [1.807, 2.05) is 24.3 Å². The topological polar surface area (TPSA) is 163 Å². The zero-order valence-corrected chi connectivity index (χ0v) is 14.0. The molecule has 4 N–H and O–H groups in total. The van der Waals surface area contributed by atoms with Crippen molar-refractivity contribution in [3.05, 3.63) is 53.3 Å². The average molecular weight is 377 g/mol. The standard InChI is InChI=1S/C17H11N7O4/c25-10-5-11(26)18-6-9(10)17(27)22-21-13-8-4-2-1-3-7(8)12-14(13)20-16-15(19-12)23-28-24-16/h1-6,17,22,27H,(H2,18,25,26)/b21-13-. The molecule has 0 saturated heterocycles. The lowest BCUT2D eigenvalue weighted by atomic mass is 10.1. The molecule has 1 atom stereocenters. The van der Waals surface area contributed by atoms with E-state index in [2.05, 4.69) is 40.4 Å². The summed E-state index contributed by atoms with van der Waals surface area (Å²) in [6.07, 6.45) is -0.231. The van der Waals surface area contributed by atoms with E-state index in [4.69, 9.17) is 0 Å². The molecule has 1 aliphatic carbocycles. The first-order chi connectivity index (χ1) is 13.6. The van der Waals surface area contributed by atoms with Crippen LogP contribution in [0.5, 0.6) is 11.6 Å². The first-order valence-corrected chi connectivity index (χ1v) is 8.11. The van der Waals surface area contributed by atoms with E-state index in [-0.39, 0.29) is 28.5 Å². The molecule has 3 aromatic heterocycles. The SMILES string of the molecule is Oc1cc(O)c(C(O)N/N=C2/c3ccccc3-c3nc4nonc4nc32)cn1. The van der Waals surface area contributed by atoms with Crippen molar-refractivity contribution in [2.24, 2.45) is 5.10 Å². The maximum absolute atomic E-state index is 10.3. The summed E-state index contributed by atoms with van der Waals surface area (Å²) in [6.45, 7) is 0. The molecule has 28 heavy (non-hydrogen) atoms. The number of hydrogen-bond acceptors (Lipinski definition) is 11. The summed E-state index contributed by atoms with van der Waals surface area (Å²) in [5.41, 5.74) is 6.16. The monoisotopic (exact) mass is 377 g/mol. The lowest BCUT2D eigenvalue weighted by molar-refractivity contribution is 0.137. The summed E-state index contributed by atoms with van der Waals surface area (Å²) in [7, 11) is 0. The molecular weight excluding hydrogens is 366 g/mol. The highest BCUT2D eigenvalue weighted by molar-refractivity contribution is 6.23. The number of hydrogen-bond donors (Lipinski definition) is 4. The van der Waals surface area contributed by atoms with Gasteiger partial charge in [0.2, 0.25) is 17.2 Å². The van der Waals surface area contributed by atoms with Crippen LogP contribution in [0.3, 0.4) is 0 Å². The third-order valence-electron chi connectivity index (χ3n) is 4.27. The molecule has 0 aliphatic heterocycles. The number of benzene rings is 1. The van der Waals surface area contributed by atoms with Crippen molar-refractivity contribution >= 4 is 17.0 Å². The van der Waals surface area contributed by atoms with Gasteiger partial charge in [0, 0.05) is 23.4 Å². The van der Waals surface area contributed by atoms with Crippen LogP contribution in [0.1, 0.15) is 23.0 Å². The van der Waals surface area contributed by atoms with Crippen LogP contribution in [-0.2, 0) is 0 Å². The van der Waals surface area contributed by atoms with Gasteiger partial charge in [-0.3, -0.25) is 5.43 Å². The van der Waals surface area contributed by atoms with Crippen molar-refractivity contribution in [3.8, 4) is 22.9 Å².